The monoisotopic (exact) mass is 329 g/mol. The number of carboxylic acid groups (broad SMARTS) is 1. The second kappa shape index (κ2) is 8.52. The van der Waals surface area contributed by atoms with Crippen molar-refractivity contribution in [2.75, 3.05) is 19.8 Å². The van der Waals surface area contributed by atoms with Gasteiger partial charge >= 0.3 is 12.1 Å². The number of carbonyl (C=O) groups excluding carboxylic acids is 1. The van der Waals surface area contributed by atoms with Gasteiger partial charge in [0.15, 0.2) is 0 Å². The normalized spacial score (nSPS) is 17.4. The highest BCUT2D eigenvalue weighted by molar-refractivity contribution is 5.76. The Morgan fingerprint density at radius 3 is 2.35 bits per heavy atom. The molecular formula is C17H31NO5. The number of nitrogens with one attached hydrogen (secondary N) is 1. The molecule has 1 rings (SSSR count). The fourth-order valence-electron chi connectivity index (χ4n) is 2.48. The Balaban J connectivity index is 2.64. The first-order valence-corrected chi connectivity index (χ1v) is 8.46. The molecule has 0 bridgehead atoms. The van der Waals surface area contributed by atoms with Crippen LogP contribution < -0.4 is 5.32 Å². The third-order valence-corrected chi connectivity index (χ3v) is 3.87. The average molecular weight is 329 g/mol. The SMILES string of the molecule is CCCOCCC(CNC(=O)OC(C)(C)C)(CC1CC1)C(=O)O. The van der Waals surface area contributed by atoms with Crippen LogP contribution in [0.5, 0.6) is 0 Å². The van der Waals surface area contributed by atoms with Crippen molar-refractivity contribution in [2.24, 2.45) is 11.3 Å². The maximum absolute atomic E-state index is 11.9. The molecule has 0 radical (unpaired) electrons. The van der Waals surface area contributed by atoms with E-state index in [1.807, 2.05) is 6.92 Å². The minimum Gasteiger partial charge on any atom is -0.481 e. The first kappa shape index (κ1) is 19.7. The molecule has 0 aromatic rings. The van der Waals surface area contributed by atoms with Crippen LogP contribution in [0, 0.1) is 11.3 Å². The molecule has 1 aliphatic carbocycles. The van der Waals surface area contributed by atoms with Crippen LogP contribution in [0.2, 0.25) is 0 Å². The van der Waals surface area contributed by atoms with Crippen molar-refractivity contribution in [2.45, 2.75) is 65.4 Å². The Bertz CT molecular complexity index is 400. The van der Waals surface area contributed by atoms with Gasteiger partial charge in [-0.1, -0.05) is 19.8 Å². The summed E-state index contributed by atoms with van der Waals surface area (Å²) < 4.78 is 10.7. The average Bonchev–Trinajstić information content (AvgIpc) is 3.22. The Kier molecular flexibility index (Phi) is 7.32. The third-order valence-electron chi connectivity index (χ3n) is 3.87. The lowest BCUT2D eigenvalue weighted by Crippen LogP contribution is -2.45. The second-order valence-corrected chi connectivity index (χ2v) is 7.45. The van der Waals surface area contributed by atoms with Gasteiger partial charge < -0.3 is 19.9 Å². The van der Waals surface area contributed by atoms with Gasteiger partial charge in [0, 0.05) is 19.8 Å². The van der Waals surface area contributed by atoms with Gasteiger partial charge in [0.25, 0.3) is 0 Å². The number of aliphatic carboxylic acids is 1. The first-order chi connectivity index (χ1) is 10.7. The highest BCUT2D eigenvalue weighted by atomic mass is 16.6. The fourth-order valence-corrected chi connectivity index (χ4v) is 2.48. The molecule has 0 spiro atoms. The molecule has 1 atom stereocenters. The maximum atomic E-state index is 11.9. The minimum atomic E-state index is -0.980. The number of ether oxygens (including phenoxy) is 2. The van der Waals surface area contributed by atoms with Gasteiger partial charge in [0.1, 0.15) is 5.60 Å². The molecule has 0 aromatic heterocycles. The van der Waals surface area contributed by atoms with E-state index in [4.69, 9.17) is 9.47 Å². The molecule has 23 heavy (non-hydrogen) atoms. The topological polar surface area (TPSA) is 84.9 Å². The summed E-state index contributed by atoms with van der Waals surface area (Å²) in [6, 6.07) is 0. The summed E-state index contributed by atoms with van der Waals surface area (Å²) in [6.45, 7) is 8.43. The number of amides is 1. The van der Waals surface area contributed by atoms with Crippen LogP contribution >= 0.6 is 0 Å². The lowest BCUT2D eigenvalue weighted by atomic mass is 9.79. The summed E-state index contributed by atoms with van der Waals surface area (Å²) in [5.41, 5.74) is -1.58. The van der Waals surface area contributed by atoms with Crippen LogP contribution in [0.25, 0.3) is 0 Å². The highest BCUT2D eigenvalue weighted by Crippen LogP contribution is 2.42. The van der Waals surface area contributed by atoms with E-state index >= 15 is 0 Å². The van der Waals surface area contributed by atoms with Gasteiger partial charge in [-0.15, -0.1) is 0 Å². The molecular weight excluding hydrogens is 298 g/mol. The molecule has 0 saturated heterocycles. The predicted molar refractivity (Wildman–Crippen MR) is 87.4 cm³/mol. The molecule has 1 saturated carbocycles. The predicted octanol–water partition coefficient (Wildman–Crippen LogP) is 3.20. The van der Waals surface area contributed by atoms with Gasteiger partial charge in [-0.25, -0.2) is 4.79 Å². The van der Waals surface area contributed by atoms with E-state index in [1.165, 1.54) is 0 Å². The molecule has 0 heterocycles. The molecule has 6 heteroatoms. The highest BCUT2D eigenvalue weighted by Gasteiger charge is 2.43. The van der Waals surface area contributed by atoms with Gasteiger partial charge in [-0.2, -0.15) is 0 Å². The number of rotatable bonds is 10. The zero-order chi connectivity index (χ0) is 17.5. The van der Waals surface area contributed by atoms with E-state index < -0.39 is 23.1 Å². The molecule has 1 amide bonds. The van der Waals surface area contributed by atoms with E-state index in [-0.39, 0.29) is 6.54 Å². The quantitative estimate of drug-likeness (QED) is 0.601. The van der Waals surface area contributed by atoms with Crippen LogP contribution in [0.1, 0.15) is 59.8 Å². The minimum absolute atomic E-state index is 0.0727. The van der Waals surface area contributed by atoms with Crippen molar-refractivity contribution in [3.63, 3.8) is 0 Å². The van der Waals surface area contributed by atoms with E-state index in [1.54, 1.807) is 20.8 Å². The largest absolute Gasteiger partial charge is 0.481 e. The molecule has 1 fully saturated rings. The molecule has 0 aliphatic heterocycles. The lowest BCUT2D eigenvalue weighted by molar-refractivity contribution is -0.150. The summed E-state index contributed by atoms with van der Waals surface area (Å²) in [6.07, 6.45) is 3.43. The van der Waals surface area contributed by atoms with E-state index in [0.29, 0.717) is 32.0 Å². The summed E-state index contributed by atoms with van der Waals surface area (Å²) in [5.74, 6) is -0.432. The van der Waals surface area contributed by atoms with Crippen molar-refractivity contribution < 1.29 is 24.2 Å². The molecule has 6 nitrogen and oxygen atoms in total. The molecule has 0 aromatic carbocycles. The Morgan fingerprint density at radius 1 is 1.22 bits per heavy atom. The number of carbonyl (C=O) groups is 2. The van der Waals surface area contributed by atoms with Crippen molar-refractivity contribution in [3.05, 3.63) is 0 Å². The number of carboxylic acids is 1. The maximum Gasteiger partial charge on any atom is 0.407 e. The lowest BCUT2D eigenvalue weighted by Gasteiger charge is -2.30. The molecule has 2 N–H and O–H groups in total. The van der Waals surface area contributed by atoms with Gasteiger partial charge in [0.2, 0.25) is 0 Å². The van der Waals surface area contributed by atoms with Crippen LogP contribution in [0.15, 0.2) is 0 Å². The van der Waals surface area contributed by atoms with Crippen LogP contribution in [0.4, 0.5) is 4.79 Å². The molecule has 134 valence electrons. The summed E-state index contributed by atoms with van der Waals surface area (Å²) >= 11 is 0. The van der Waals surface area contributed by atoms with Crippen LogP contribution in [-0.4, -0.2) is 42.5 Å². The van der Waals surface area contributed by atoms with E-state index in [2.05, 4.69) is 5.32 Å². The van der Waals surface area contributed by atoms with Gasteiger partial charge in [0.05, 0.1) is 5.41 Å². The van der Waals surface area contributed by atoms with Crippen LogP contribution in [-0.2, 0) is 14.3 Å². The zero-order valence-corrected chi connectivity index (χ0v) is 14.8. The Hall–Kier alpha value is -1.30. The Morgan fingerprint density at radius 2 is 1.87 bits per heavy atom. The molecule has 1 unspecified atom stereocenters. The van der Waals surface area contributed by atoms with Gasteiger partial charge in [-0.05, 0) is 46.0 Å². The van der Waals surface area contributed by atoms with E-state index in [9.17, 15) is 14.7 Å². The summed E-state index contributed by atoms with van der Waals surface area (Å²) in [4.78, 5) is 23.7. The van der Waals surface area contributed by atoms with Crippen molar-refractivity contribution in [3.8, 4) is 0 Å². The summed E-state index contributed by atoms with van der Waals surface area (Å²) in [7, 11) is 0. The third kappa shape index (κ3) is 7.68. The molecule has 1 aliphatic rings. The summed E-state index contributed by atoms with van der Waals surface area (Å²) in [5, 5.41) is 12.4. The second-order valence-electron chi connectivity index (χ2n) is 7.45. The van der Waals surface area contributed by atoms with Crippen molar-refractivity contribution in [1.29, 1.82) is 0 Å². The first-order valence-electron chi connectivity index (χ1n) is 8.46. The van der Waals surface area contributed by atoms with E-state index in [0.717, 1.165) is 19.3 Å². The standard InChI is InChI=1S/C17H31NO5/c1-5-9-22-10-8-17(14(19)20,11-13-6-7-13)12-18-15(21)23-16(2,3)4/h13H,5-12H2,1-4H3,(H,18,21)(H,19,20). The van der Waals surface area contributed by atoms with Gasteiger partial charge in [-0.3, -0.25) is 4.79 Å². The van der Waals surface area contributed by atoms with Crippen molar-refractivity contribution >= 4 is 12.1 Å². The number of hydrogen-bond acceptors (Lipinski definition) is 4. The Labute approximate surface area is 138 Å². The zero-order valence-electron chi connectivity index (χ0n) is 14.8. The van der Waals surface area contributed by atoms with Crippen LogP contribution in [0.3, 0.4) is 0 Å². The fraction of sp³-hybridized carbons (Fsp3) is 0.882. The number of alkyl carbamates (subject to hydrolysis) is 1. The number of hydrogen-bond donors (Lipinski definition) is 2. The van der Waals surface area contributed by atoms with Crippen molar-refractivity contribution in [1.82, 2.24) is 5.32 Å². The smallest absolute Gasteiger partial charge is 0.407 e.